The van der Waals surface area contributed by atoms with E-state index in [0.717, 1.165) is 63.5 Å². The maximum Gasteiger partial charge on any atom is 0.150 e. The molecule has 3 nitrogen and oxygen atoms in total. The first kappa shape index (κ1) is 29.3. The summed E-state index contributed by atoms with van der Waals surface area (Å²) in [7, 11) is -0.0490. The summed E-state index contributed by atoms with van der Waals surface area (Å²) in [5.41, 5.74) is 2.22. The monoisotopic (exact) mass is 737 g/mol. The first-order valence-electron chi connectivity index (χ1n) is 14.1. The molecule has 7 rings (SSSR count). The Labute approximate surface area is 276 Å². The average molecular weight is 739 g/mol. The molecule has 1 aromatic heterocycles. The molecule has 0 unspecified atom stereocenters. The largest absolute Gasteiger partial charge is 0.463 e. The Bertz CT molecular complexity index is 1830. The van der Waals surface area contributed by atoms with Crippen molar-refractivity contribution in [2.24, 2.45) is 7.05 Å². The summed E-state index contributed by atoms with van der Waals surface area (Å²) in [6, 6.07) is 50.5. The van der Waals surface area contributed by atoms with E-state index in [1.165, 1.54) is 0 Å². The lowest BCUT2D eigenvalue weighted by molar-refractivity contribution is 0.626. The Kier molecular flexibility index (Phi) is 8.56. The summed E-state index contributed by atoms with van der Waals surface area (Å²) in [6.45, 7) is 0. The van der Waals surface area contributed by atoms with Crippen molar-refractivity contribution in [1.29, 1.82) is 0 Å². The van der Waals surface area contributed by atoms with E-state index in [1.807, 2.05) is 24.3 Å². The van der Waals surface area contributed by atoms with Gasteiger partial charge in [0.25, 0.3) is 0 Å². The fraction of sp³-hybridized carbons (Fsp3) is 0.0270. The zero-order chi connectivity index (χ0) is 30.0. The van der Waals surface area contributed by atoms with Crippen molar-refractivity contribution < 1.29 is 9.05 Å². The topological polar surface area (TPSA) is 23.4 Å². The molecule has 44 heavy (non-hydrogen) atoms. The molecule has 0 aliphatic rings. The molecule has 0 fully saturated rings. The maximum atomic E-state index is 6.89. The van der Waals surface area contributed by atoms with Gasteiger partial charge < -0.3 is 13.6 Å². The van der Waals surface area contributed by atoms with Gasteiger partial charge in [-0.25, -0.2) is 0 Å². The van der Waals surface area contributed by atoms with Crippen molar-refractivity contribution >= 4 is 91.2 Å². The van der Waals surface area contributed by atoms with Crippen LogP contribution in [-0.4, -0.2) is 4.57 Å². The summed E-state index contributed by atoms with van der Waals surface area (Å²) in [6.07, 6.45) is 0. The van der Waals surface area contributed by atoms with E-state index in [-0.39, 0.29) is 0 Å². The number of aromatic nitrogens is 1. The lowest BCUT2D eigenvalue weighted by Gasteiger charge is -2.20. The first-order chi connectivity index (χ1) is 21.6. The minimum Gasteiger partial charge on any atom is -0.463 e. The van der Waals surface area contributed by atoms with Crippen molar-refractivity contribution in [3.63, 3.8) is 0 Å². The molecule has 6 aromatic carbocycles. The van der Waals surface area contributed by atoms with Crippen LogP contribution in [0.3, 0.4) is 0 Å². The normalized spacial score (nSPS) is 11.5. The highest BCUT2D eigenvalue weighted by Crippen LogP contribution is 2.46. The second-order valence-corrected chi connectivity index (χ2v) is 15.6. The molecule has 0 radical (unpaired) electrons. The summed E-state index contributed by atoms with van der Waals surface area (Å²) < 4.78 is 17.8. The molecule has 0 aliphatic heterocycles. The fourth-order valence-electron chi connectivity index (χ4n) is 5.30. The van der Waals surface area contributed by atoms with Crippen LogP contribution in [0.1, 0.15) is 0 Å². The number of benzene rings is 6. The predicted octanol–water partition coefficient (Wildman–Crippen LogP) is 9.71. The highest BCUT2D eigenvalue weighted by molar-refractivity contribution is 9.11. The van der Waals surface area contributed by atoms with E-state index in [0.29, 0.717) is 0 Å². The molecule has 0 amide bonds. The molecule has 0 saturated heterocycles. The second-order valence-electron chi connectivity index (χ2n) is 10.3. The maximum absolute atomic E-state index is 6.89. The number of nitrogens with zero attached hydrogens (tertiary/aromatic N) is 1. The highest BCUT2D eigenvalue weighted by Gasteiger charge is 2.22. The average Bonchev–Trinajstić information content (AvgIpc) is 3.32. The van der Waals surface area contributed by atoms with E-state index in [9.17, 15) is 0 Å². The predicted molar refractivity (Wildman–Crippen MR) is 195 cm³/mol. The van der Waals surface area contributed by atoms with Crippen molar-refractivity contribution in [2.75, 3.05) is 0 Å². The van der Waals surface area contributed by atoms with Crippen LogP contribution in [0.25, 0.3) is 21.8 Å². The van der Waals surface area contributed by atoms with Crippen molar-refractivity contribution in [3.05, 3.63) is 155 Å². The van der Waals surface area contributed by atoms with Crippen LogP contribution in [0.15, 0.2) is 155 Å². The SMILES string of the molecule is Cn1c2cc(Br)c(OP(c3ccccc3)c3ccccc3)cc2c2cc(OP(c3ccccc3)c3ccccc3)c(Br)cc21. The Morgan fingerprint density at radius 2 is 0.750 bits per heavy atom. The van der Waals surface area contributed by atoms with Crippen molar-refractivity contribution in [3.8, 4) is 11.5 Å². The Morgan fingerprint density at radius 3 is 1.05 bits per heavy atom. The molecule has 0 bridgehead atoms. The van der Waals surface area contributed by atoms with E-state index in [4.69, 9.17) is 9.05 Å². The quantitative estimate of drug-likeness (QED) is 0.145. The van der Waals surface area contributed by atoms with Gasteiger partial charge in [0.2, 0.25) is 0 Å². The zero-order valence-corrected chi connectivity index (χ0v) is 28.7. The number of hydrogen-bond acceptors (Lipinski definition) is 2. The third-order valence-electron chi connectivity index (χ3n) is 7.46. The van der Waals surface area contributed by atoms with Crippen LogP contribution in [0.2, 0.25) is 0 Å². The van der Waals surface area contributed by atoms with Crippen LogP contribution < -0.4 is 30.3 Å². The van der Waals surface area contributed by atoms with E-state index < -0.39 is 16.3 Å². The molecule has 0 saturated carbocycles. The molecule has 7 heteroatoms. The van der Waals surface area contributed by atoms with Gasteiger partial charge in [0.1, 0.15) is 11.5 Å². The van der Waals surface area contributed by atoms with Gasteiger partial charge in [-0.05, 0) is 56.1 Å². The standard InChI is InChI=1S/C37H27Br2NO2P2/c1-40-34-24-32(38)36(41-43(26-14-6-2-7-15-26)27-16-8-3-9-17-27)22-30(34)31-23-37(33(39)25-35(31)40)42-44(28-18-10-4-11-19-28)29-20-12-5-13-21-29/h2-25H,1H3. The Balaban J connectivity index is 1.33. The van der Waals surface area contributed by atoms with E-state index >= 15 is 0 Å². The highest BCUT2D eigenvalue weighted by atomic mass is 79.9. The zero-order valence-electron chi connectivity index (χ0n) is 23.8. The van der Waals surface area contributed by atoms with Gasteiger partial charge >= 0.3 is 0 Å². The van der Waals surface area contributed by atoms with E-state index in [1.54, 1.807) is 0 Å². The van der Waals surface area contributed by atoms with Gasteiger partial charge in [0.15, 0.2) is 16.3 Å². The molecule has 0 spiro atoms. The third-order valence-corrected chi connectivity index (χ3v) is 12.5. The van der Waals surface area contributed by atoms with Gasteiger partial charge in [-0.3, -0.25) is 0 Å². The second kappa shape index (κ2) is 12.9. The molecular formula is C37H27Br2NO2P2. The number of halogens is 2. The Hall–Kier alpha value is -3.46. The van der Waals surface area contributed by atoms with Gasteiger partial charge in [-0.2, -0.15) is 0 Å². The summed E-state index contributed by atoms with van der Waals surface area (Å²) in [4.78, 5) is 0. The lowest BCUT2D eigenvalue weighted by Crippen LogP contribution is -2.15. The van der Waals surface area contributed by atoms with Gasteiger partial charge in [0, 0.05) is 39.0 Å². The van der Waals surface area contributed by atoms with Crippen LogP contribution >= 0.6 is 48.2 Å². The summed E-state index contributed by atoms with van der Waals surface area (Å²) >= 11 is 7.67. The van der Waals surface area contributed by atoms with Gasteiger partial charge in [-0.15, -0.1) is 0 Å². The molecule has 1 heterocycles. The number of fused-ring (bicyclic) bond motifs is 3. The fourth-order valence-corrected chi connectivity index (χ4v) is 9.86. The minimum absolute atomic E-state index is 0.810. The Morgan fingerprint density at radius 1 is 0.455 bits per heavy atom. The van der Waals surface area contributed by atoms with Gasteiger partial charge in [0.05, 0.1) is 20.0 Å². The first-order valence-corrected chi connectivity index (χ1v) is 18.2. The number of hydrogen-bond donors (Lipinski definition) is 0. The minimum atomic E-state index is -1.08. The molecular weight excluding hydrogens is 712 g/mol. The molecule has 0 N–H and O–H groups in total. The van der Waals surface area contributed by atoms with Crippen molar-refractivity contribution in [1.82, 2.24) is 4.57 Å². The van der Waals surface area contributed by atoms with Crippen LogP contribution in [0, 0.1) is 0 Å². The summed E-state index contributed by atoms with van der Waals surface area (Å²) in [5.74, 6) is 1.62. The van der Waals surface area contributed by atoms with Crippen LogP contribution in [0.5, 0.6) is 11.5 Å². The number of aryl methyl sites for hydroxylation is 1. The van der Waals surface area contributed by atoms with E-state index in [2.05, 4.69) is 165 Å². The van der Waals surface area contributed by atoms with Crippen molar-refractivity contribution in [2.45, 2.75) is 0 Å². The smallest absolute Gasteiger partial charge is 0.150 e. The molecule has 216 valence electrons. The summed E-state index contributed by atoms with van der Waals surface area (Å²) in [5, 5.41) is 6.86. The number of rotatable bonds is 8. The lowest BCUT2D eigenvalue weighted by atomic mass is 10.1. The molecule has 0 atom stereocenters. The van der Waals surface area contributed by atoms with Crippen LogP contribution in [-0.2, 0) is 7.05 Å². The molecule has 7 aromatic rings. The van der Waals surface area contributed by atoms with Gasteiger partial charge in [-0.1, -0.05) is 121 Å². The van der Waals surface area contributed by atoms with Crippen LogP contribution in [0.4, 0.5) is 0 Å². The molecule has 0 aliphatic carbocycles. The third kappa shape index (κ3) is 5.83.